The molecule has 2 aromatic carbocycles. The third kappa shape index (κ3) is 5.21. The Morgan fingerprint density at radius 2 is 1.44 bits per heavy atom. The average Bonchev–Trinajstić information content (AvgIpc) is 3.17. The van der Waals surface area contributed by atoms with Crippen molar-refractivity contribution in [2.24, 2.45) is 11.3 Å². The highest BCUT2D eigenvalue weighted by Gasteiger charge is 2.67. The molecule has 0 amide bonds. The first-order chi connectivity index (χ1) is 18.6. The number of carboxylic acids is 1. The van der Waals surface area contributed by atoms with E-state index in [2.05, 4.69) is 0 Å². The van der Waals surface area contributed by atoms with Crippen molar-refractivity contribution in [3.8, 4) is 17.2 Å². The molecule has 0 saturated heterocycles. The Bertz CT molecular complexity index is 1290. The monoisotopic (exact) mass is 536 g/mol. The number of hydrogen-bond acceptors (Lipinski definition) is 8. The van der Waals surface area contributed by atoms with Gasteiger partial charge in [-0.1, -0.05) is 24.3 Å². The van der Waals surface area contributed by atoms with Crippen LogP contribution in [-0.2, 0) is 23.9 Å². The number of aliphatic carboxylic acids is 1. The Hall–Kier alpha value is -4.27. The predicted octanol–water partition coefficient (Wildman–Crippen LogP) is 4.40. The van der Waals surface area contributed by atoms with Crippen LogP contribution in [0, 0.1) is 11.3 Å². The second kappa shape index (κ2) is 11.2. The molecule has 1 saturated carbocycles. The minimum atomic E-state index is -1.67. The van der Waals surface area contributed by atoms with E-state index in [1.807, 2.05) is 12.1 Å². The number of ether oxygens (including phenoxy) is 5. The van der Waals surface area contributed by atoms with Crippen molar-refractivity contribution < 1.29 is 43.2 Å². The lowest BCUT2D eigenvalue weighted by atomic mass is 9.65. The molecule has 2 aliphatic rings. The van der Waals surface area contributed by atoms with Crippen LogP contribution in [0.15, 0.2) is 60.2 Å². The fourth-order valence-corrected chi connectivity index (χ4v) is 5.82. The van der Waals surface area contributed by atoms with E-state index in [0.29, 0.717) is 28.4 Å². The molecule has 9 heteroatoms. The second-order valence-corrected chi connectivity index (χ2v) is 9.60. The molecule has 2 aliphatic carbocycles. The van der Waals surface area contributed by atoms with Crippen molar-refractivity contribution in [3.05, 3.63) is 71.3 Å². The summed E-state index contributed by atoms with van der Waals surface area (Å²) in [7, 11) is 4.60. The standard InChI is InChI=1S/C30H32O9/c1-17(31)38-27-14-21(9-6-19-7-10-22(35-3)11-8-19)30(29(33)34)26(16-25(27)28(30)39-18(2)32)20-12-23(36-4)15-24(13-20)37-5/h6-15,25-28H,16H2,1-5H3,(H,33,34). The molecule has 5 atom stereocenters. The first-order valence-electron chi connectivity index (χ1n) is 12.5. The van der Waals surface area contributed by atoms with Crippen molar-refractivity contribution in [1.82, 2.24) is 0 Å². The predicted molar refractivity (Wildman–Crippen MR) is 142 cm³/mol. The van der Waals surface area contributed by atoms with Crippen molar-refractivity contribution in [2.45, 2.75) is 38.4 Å². The summed E-state index contributed by atoms with van der Waals surface area (Å²) in [6, 6.07) is 12.5. The molecule has 2 bridgehead atoms. The number of esters is 2. The van der Waals surface area contributed by atoms with Gasteiger partial charge in [0.05, 0.1) is 21.3 Å². The van der Waals surface area contributed by atoms with Crippen LogP contribution in [0.3, 0.4) is 0 Å². The fourth-order valence-electron chi connectivity index (χ4n) is 5.82. The van der Waals surface area contributed by atoms with Gasteiger partial charge in [0.2, 0.25) is 0 Å². The van der Waals surface area contributed by atoms with Crippen molar-refractivity contribution in [1.29, 1.82) is 0 Å². The first kappa shape index (κ1) is 27.8. The van der Waals surface area contributed by atoms with Gasteiger partial charge in [-0.15, -0.1) is 0 Å². The van der Waals surface area contributed by atoms with E-state index in [-0.39, 0.29) is 6.42 Å². The summed E-state index contributed by atoms with van der Waals surface area (Å²) in [5.41, 5.74) is 0.127. The lowest BCUT2D eigenvalue weighted by molar-refractivity contribution is -0.170. The van der Waals surface area contributed by atoms with Crippen LogP contribution in [0.1, 0.15) is 37.3 Å². The molecule has 0 aliphatic heterocycles. The van der Waals surface area contributed by atoms with Gasteiger partial charge < -0.3 is 28.8 Å². The maximum absolute atomic E-state index is 13.4. The Labute approximate surface area is 227 Å². The number of carbonyl (C=O) groups excluding carboxylic acids is 2. The number of benzene rings is 2. The van der Waals surface area contributed by atoms with E-state index in [4.69, 9.17) is 23.7 Å². The highest BCUT2D eigenvalue weighted by atomic mass is 16.6. The van der Waals surface area contributed by atoms with Gasteiger partial charge in [0.25, 0.3) is 0 Å². The Kier molecular flexibility index (Phi) is 7.99. The number of carbonyl (C=O) groups is 3. The van der Waals surface area contributed by atoms with Gasteiger partial charge in [-0.05, 0) is 53.5 Å². The maximum atomic E-state index is 13.4. The highest BCUT2D eigenvalue weighted by Crippen LogP contribution is 2.62. The summed E-state index contributed by atoms with van der Waals surface area (Å²) < 4.78 is 27.5. The van der Waals surface area contributed by atoms with Crippen LogP contribution >= 0.6 is 0 Å². The van der Waals surface area contributed by atoms with Gasteiger partial charge in [0, 0.05) is 31.7 Å². The third-order valence-corrected chi connectivity index (χ3v) is 7.43. The summed E-state index contributed by atoms with van der Waals surface area (Å²) in [5, 5.41) is 10.9. The van der Waals surface area contributed by atoms with Gasteiger partial charge >= 0.3 is 17.9 Å². The Balaban J connectivity index is 1.93. The summed E-state index contributed by atoms with van der Waals surface area (Å²) in [5.74, 6) is -1.89. The molecular formula is C30H32O9. The number of fused-ring (bicyclic) bond motifs is 2. The summed E-state index contributed by atoms with van der Waals surface area (Å²) in [4.78, 5) is 37.8. The molecule has 0 heterocycles. The lowest BCUT2D eigenvalue weighted by Gasteiger charge is -2.42. The number of rotatable bonds is 9. The lowest BCUT2D eigenvalue weighted by Crippen LogP contribution is -2.52. The van der Waals surface area contributed by atoms with Crippen molar-refractivity contribution in [2.75, 3.05) is 21.3 Å². The normalized spacial score (nSPS) is 25.5. The molecule has 0 spiro atoms. The van der Waals surface area contributed by atoms with Crippen LogP contribution in [0.2, 0.25) is 0 Å². The minimum Gasteiger partial charge on any atom is -0.497 e. The van der Waals surface area contributed by atoms with Crippen molar-refractivity contribution >= 4 is 24.0 Å². The third-order valence-electron chi connectivity index (χ3n) is 7.43. The zero-order valence-corrected chi connectivity index (χ0v) is 22.5. The Morgan fingerprint density at radius 3 is 1.95 bits per heavy atom. The van der Waals surface area contributed by atoms with Gasteiger partial charge in [0.15, 0.2) is 0 Å². The number of hydrogen-bond donors (Lipinski definition) is 1. The average molecular weight is 537 g/mol. The van der Waals surface area contributed by atoms with E-state index in [0.717, 1.165) is 5.56 Å². The van der Waals surface area contributed by atoms with E-state index >= 15 is 0 Å². The molecule has 0 aromatic heterocycles. The van der Waals surface area contributed by atoms with Gasteiger partial charge in [-0.2, -0.15) is 0 Å². The smallest absolute Gasteiger partial charge is 0.318 e. The minimum absolute atomic E-state index is 0.273. The quantitative estimate of drug-likeness (QED) is 0.465. The van der Waals surface area contributed by atoms with Crippen LogP contribution in [0.25, 0.3) is 6.08 Å². The van der Waals surface area contributed by atoms with Gasteiger partial charge in [-0.3, -0.25) is 14.4 Å². The summed E-state index contributed by atoms with van der Waals surface area (Å²) in [6.45, 7) is 2.53. The van der Waals surface area contributed by atoms with Crippen molar-refractivity contribution in [3.63, 3.8) is 0 Å². The van der Waals surface area contributed by atoms with Crippen LogP contribution < -0.4 is 14.2 Å². The maximum Gasteiger partial charge on any atom is 0.318 e. The number of allylic oxidation sites excluding steroid dienone is 1. The van der Waals surface area contributed by atoms with E-state index in [1.54, 1.807) is 55.7 Å². The van der Waals surface area contributed by atoms with Gasteiger partial charge in [0.1, 0.15) is 34.9 Å². The Morgan fingerprint density at radius 1 is 0.846 bits per heavy atom. The molecule has 1 N–H and O–H groups in total. The topological polar surface area (TPSA) is 118 Å². The fraction of sp³-hybridized carbons (Fsp3) is 0.367. The van der Waals surface area contributed by atoms with Crippen LogP contribution in [-0.4, -0.2) is 56.6 Å². The largest absolute Gasteiger partial charge is 0.497 e. The molecule has 2 aromatic rings. The SMILES string of the molecule is COc1ccc(C=CC2=CC(OC(C)=O)C3CC(c4cc(OC)cc(OC)c4)C2(C(=O)O)C3OC(C)=O)cc1. The first-order valence-corrected chi connectivity index (χ1v) is 12.5. The van der Waals surface area contributed by atoms with Gasteiger partial charge in [-0.25, -0.2) is 0 Å². The molecule has 39 heavy (non-hydrogen) atoms. The molecule has 1 fully saturated rings. The number of carboxylic acid groups (broad SMARTS) is 1. The molecule has 4 rings (SSSR count). The van der Waals surface area contributed by atoms with E-state index in [9.17, 15) is 19.5 Å². The summed E-state index contributed by atoms with van der Waals surface area (Å²) >= 11 is 0. The number of methoxy groups -OCH3 is 3. The second-order valence-electron chi connectivity index (χ2n) is 9.60. The summed E-state index contributed by atoms with van der Waals surface area (Å²) in [6.07, 6.45) is 3.50. The molecule has 0 radical (unpaired) electrons. The van der Waals surface area contributed by atoms with Crippen LogP contribution in [0.4, 0.5) is 0 Å². The molecule has 206 valence electrons. The zero-order valence-electron chi connectivity index (χ0n) is 22.5. The van der Waals surface area contributed by atoms with E-state index < -0.39 is 47.4 Å². The molecule has 9 nitrogen and oxygen atoms in total. The zero-order chi connectivity index (χ0) is 28.3. The van der Waals surface area contributed by atoms with Crippen LogP contribution in [0.5, 0.6) is 17.2 Å². The molecule has 5 unspecified atom stereocenters. The van der Waals surface area contributed by atoms with E-state index in [1.165, 1.54) is 28.1 Å². The molecular weight excluding hydrogens is 504 g/mol. The highest BCUT2D eigenvalue weighted by molar-refractivity contribution is 5.85.